The standard InChI is InChI=1S/C18H24FN5/c1-13-9-17(20-2)23-18(22-13)10-14-5-7-24(8-6-14)12-16-4-3-15(19)11-21-16/h3-4,9,11,14H,5-8,10,12H2,1-2H3,(H,20,22,23). The highest BCUT2D eigenvalue weighted by molar-refractivity contribution is 5.34. The molecule has 2 aromatic heterocycles. The van der Waals surface area contributed by atoms with Crippen molar-refractivity contribution in [3.63, 3.8) is 0 Å². The van der Waals surface area contributed by atoms with Gasteiger partial charge in [-0.3, -0.25) is 9.88 Å². The van der Waals surface area contributed by atoms with Crippen LogP contribution in [0.1, 0.15) is 30.1 Å². The molecule has 0 amide bonds. The Morgan fingerprint density at radius 2 is 2.04 bits per heavy atom. The topological polar surface area (TPSA) is 53.9 Å². The largest absolute Gasteiger partial charge is 0.373 e. The zero-order valence-corrected chi connectivity index (χ0v) is 14.3. The average molecular weight is 329 g/mol. The highest BCUT2D eigenvalue weighted by atomic mass is 19.1. The number of rotatable bonds is 5. The Bertz CT molecular complexity index is 666. The number of likely N-dealkylation sites (tertiary alicyclic amines) is 1. The predicted molar refractivity (Wildman–Crippen MR) is 92.2 cm³/mol. The molecule has 0 spiro atoms. The molecule has 128 valence electrons. The summed E-state index contributed by atoms with van der Waals surface area (Å²) < 4.78 is 12.9. The van der Waals surface area contributed by atoms with Crippen molar-refractivity contribution in [3.8, 4) is 0 Å². The van der Waals surface area contributed by atoms with Crippen LogP contribution in [-0.4, -0.2) is 40.0 Å². The van der Waals surface area contributed by atoms with E-state index in [1.54, 1.807) is 6.07 Å². The molecular weight excluding hydrogens is 305 g/mol. The van der Waals surface area contributed by atoms with Crippen LogP contribution in [0.25, 0.3) is 0 Å². The molecule has 1 saturated heterocycles. The van der Waals surface area contributed by atoms with Crippen molar-refractivity contribution in [1.82, 2.24) is 19.9 Å². The number of pyridine rings is 1. The first-order chi connectivity index (χ1) is 11.6. The molecule has 0 aromatic carbocycles. The molecule has 1 N–H and O–H groups in total. The van der Waals surface area contributed by atoms with E-state index >= 15 is 0 Å². The van der Waals surface area contributed by atoms with E-state index in [0.717, 1.165) is 61.9 Å². The number of anilines is 1. The van der Waals surface area contributed by atoms with E-state index in [-0.39, 0.29) is 5.82 Å². The van der Waals surface area contributed by atoms with Gasteiger partial charge in [-0.05, 0) is 50.9 Å². The average Bonchev–Trinajstić information content (AvgIpc) is 2.58. The maximum atomic E-state index is 12.9. The van der Waals surface area contributed by atoms with Crippen LogP contribution in [0.4, 0.5) is 10.2 Å². The van der Waals surface area contributed by atoms with E-state index in [0.29, 0.717) is 5.92 Å². The summed E-state index contributed by atoms with van der Waals surface area (Å²) in [5.74, 6) is 2.15. The molecule has 0 atom stereocenters. The van der Waals surface area contributed by atoms with Crippen LogP contribution in [0.3, 0.4) is 0 Å². The van der Waals surface area contributed by atoms with Crippen molar-refractivity contribution in [2.24, 2.45) is 5.92 Å². The third kappa shape index (κ3) is 4.47. The van der Waals surface area contributed by atoms with E-state index in [4.69, 9.17) is 0 Å². The van der Waals surface area contributed by atoms with Crippen LogP contribution < -0.4 is 5.32 Å². The SMILES string of the molecule is CNc1cc(C)nc(CC2CCN(Cc3ccc(F)cn3)CC2)n1. The third-order valence-electron chi connectivity index (χ3n) is 4.51. The van der Waals surface area contributed by atoms with E-state index in [1.807, 2.05) is 20.0 Å². The summed E-state index contributed by atoms with van der Waals surface area (Å²) >= 11 is 0. The number of piperidine rings is 1. The first-order valence-corrected chi connectivity index (χ1v) is 8.47. The van der Waals surface area contributed by atoms with Gasteiger partial charge in [0.2, 0.25) is 0 Å². The van der Waals surface area contributed by atoms with Gasteiger partial charge in [0.15, 0.2) is 0 Å². The second kappa shape index (κ2) is 7.66. The summed E-state index contributed by atoms with van der Waals surface area (Å²) in [4.78, 5) is 15.6. The number of aromatic nitrogens is 3. The lowest BCUT2D eigenvalue weighted by Crippen LogP contribution is -2.34. The summed E-state index contributed by atoms with van der Waals surface area (Å²) in [6, 6.07) is 5.20. The Hall–Kier alpha value is -2.08. The number of nitrogens with one attached hydrogen (secondary N) is 1. The van der Waals surface area contributed by atoms with Gasteiger partial charge in [-0.15, -0.1) is 0 Å². The van der Waals surface area contributed by atoms with Crippen LogP contribution in [-0.2, 0) is 13.0 Å². The second-order valence-electron chi connectivity index (χ2n) is 6.45. The lowest BCUT2D eigenvalue weighted by molar-refractivity contribution is 0.174. The predicted octanol–water partition coefficient (Wildman–Crippen LogP) is 2.82. The van der Waals surface area contributed by atoms with Gasteiger partial charge in [-0.2, -0.15) is 0 Å². The van der Waals surface area contributed by atoms with Crippen molar-refractivity contribution in [2.75, 3.05) is 25.5 Å². The number of aryl methyl sites for hydroxylation is 1. The number of nitrogens with zero attached hydrogens (tertiary/aromatic N) is 4. The summed E-state index contributed by atoms with van der Waals surface area (Å²) in [6.45, 7) is 4.87. The Morgan fingerprint density at radius 1 is 1.25 bits per heavy atom. The van der Waals surface area contributed by atoms with Crippen molar-refractivity contribution in [2.45, 2.75) is 32.7 Å². The van der Waals surface area contributed by atoms with Crippen LogP contribution >= 0.6 is 0 Å². The zero-order valence-electron chi connectivity index (χ0n) is 14.3. The minimum Gasteiger partial charge on any atom is -0.373 e. The molecule has 24 heavy (non-hydrogen) atoms. The molecule has 3 rings (SSSR count). The molecule has 1 aliphatic heterocycles. The number of halogens is 1. The Labute approximate surface area is 142 Å². The first-order valence-electron chi connectivity index (χ1n) is 8.47. The highest BCUT2D eigenvalue weighted by Crippen LogP contribution is 2.22. The first kappa shape index (κ1) is 16.8. The second-order valence-corrected chi connectivity index (χ2v) is 6.45. The van der Waals surface area contributed by atoms with Gasteiger partial charge >= 0.3 is 0 Å². The van der Waals surface area contributed by atoms with E-state index in [1.165, 1.54) is 12.3 Å². The minimum atomic E-state index is -0.281. The van der Waals surface area contributed by atoms with Crippen LogP contribution in [0.15, 0.2) is 24.4 Å². The molecule has 0 unspecified atom stereocenters. The van der Waals surface area contributed by atoms with Crippen molar-refractivity contribution >= 4 is 5.82 Å². The summed E-state index contributed by atoms with van der Waals surface area (Å²) in [5.41, 5.74) is 1.93. The molecule has 0 aliphatic carbocycles. The van der Waals surface area contributed by atoms with Gasteiger partial charge in [0.1, 0.15) is 17.5 Å². The van der Waals surface area contributed by atoms with Gasteiger partial charge in [0, 0.05) is 31.8 Å². The monoisotopic (exact) mass is 329 g/mol. The van der Waals surface area contributed by atoms with Gasteiger partial charge in [-0.1, -0.05) is 0 Å². The van der Waals surface area contributed by atoms with Gasteiger partial charge in [0.05, 0.1) is 11.9 Å². The molecule has 3 heterocycles. The van der Waals surface area contributed by atoms with Gasteiger partial charge < -0.3 is 5.32 Å². The molecule has 5 nitrogen and oxygen atoms in total. The number of hydrogen-bond acceptors (Lipinski definition) is 5. The van der Waals surface area contributed by atoms with E-state index < -0.39 is 0 Å². The molecule has 1 aliphatic rings. The molecule has 0 bridgehead atoms. The lowest BCUT2D eigenvalue weighted by Gasteiger charge is -2.31. The van der Waals surface area contributed by atoms with Crippen molar-refractivity contribution < 1.29 is 4.39 Å². The fourth-order valence-electron chi connectivity index (χ4n) is 3.19. The Balaban J connectivity index is 1.51. The maximum absolute atomic E-state index is 12.9. The molecule has 0 saturated carbocycles. The Morgan fingerprint density at radius 3 is 2.71 bits per heavy atom. The summed E-state index contributed by atoms with van der Waals surface area (Å²) in [5, 5.41) is 3.09. The van der Waals surface area contributed by atoms with Crippen LogP contribution in [0.5, 0.6) is 0 Å². The smallest absolute Gasteiger partial charge is 0.141 e. The van der Waals surface area contributed by atoms with Crippen molar-refractivity contribution in [3.05, 3.63) is 47.4 Å². The molecule has 2 aromatic rings. The molecule has 6 heteroatoms. The normalized spacial score (nSPS) is 16.3. The van der Waals surface area contributed by atoms with Crippen molar-refractivity contribution in [1.29, 1.82) is 0 Å². The maximum Gasteiger partial charge on any atom is 0.141 e. The highest BCUT2D eigenvalue weighted by Gasteiger charge is 2.21. The third-order valence-corrected chi connectivity index (χ3v) is 4.51. The molecule has 1 fully saturated rings. The van der Waals surface area contributed by atoms with Crippen LogP contribution in [0, 0.1) is 18.7 Å². The van der Waals surface area contributed by atoms with E-state index in [9.17, 15) is 4.39 Å². The number of hydrogen-bond donors (Lipinski definition) is 1. The lowest BCUT2D eigenvalue weighted by atomic mass is 9.93. The van der Waals surface area contributed by atoms with Crippen LogP contribution in [0.2, 0.25) is 0 Å². The minimum absolute atomic E-state index is 0.281. The zero-order chi connectivity index (χ0) is 16.9. The molecule has 0 radical (unpaired) electrons. The Kier molecular flexibility index (Phi) is 5.35. The fourth-order valence-corrected chi connectivity index (χ4v) is 3.19. The molecular formula is C18H24FN5. The van der Waals surface area contributed by atoms with Gasteiger partial charge in [-0.25, -0.2) is 14.4 Å². The van der Waals surface area contributed by atoms with Gasteiger partial charge in [0.25, 0.3) is 0 Å². The van der Waals surface area contributed by atoms with E-state index in [2.05, 4.69) is 25.2 Å². The summed E-state index contributed by atoms with van der Waals surface area (Å²) in [6.07, 6.45) is 4.48. The fraction of sp³-hybridized carbons (Fsp3) is 0.500. The quantitative estimate of drug-likeness (QED) is 0.914. The summed E-state index contributed by atoms with van der Waals surface area (Å²) in [7, 11) is 1.88.